The molecule has 1 aromatic carbocycles. The molecule has 1 atom stereocenters. The molecule has 0 saturated heterocycles. The van der Waals surface area contributed by atoms with Crippen LogP contribution in [-0.4, -0.2) is 26.7 Å². The largest absolute Gasteiger partial charge is 0.494 e. The Morgan fingerprint density at radius 2 is 2.13 bits per heavy atom. The molecule has 7 heteroatoms. The Morgan fingerprint density at radius 3 is 2.74 bits per heavy atom. The number of thiophene rings is 1. The van der Waals surface area contributed by atoms with E-state index in [4.69, 9.17) is 4.74 Å². The summed E-state index contributed by atoms with van der Waals surface area (Å²) in [7, 11) is -3.59. The first kappa shape index (κ1) is 17.9. The molecule has 1 aromatic heterocycles. The Bertz CT molecular complexity index is 727. The average molecular weight is 355 g/mol. The van der Waals surface area contributed by atoms with Crippen LogP contribution in [-0.2, 0) is 10.0 Å². The highest BCUT2D eigenvalue weighted by Crippen LogP contribution is 2.23. The van der Waals surface area contributed by atoms with Crippen molar-refractivity contribution in [1.82, 2.24) is 4.72 Å². The van der Waals surface area contributed by atoms with Gasteiger partial charge in [0.1, 0.15) is 5.75 Å². The molecular weight excluding hydrogens is 334 g/mol. The summed E-state index contributed by atoms with van der Waals surface area (Å²) in [6, 6.07) is 8.46. The Labute approximate surface area is 141 Å². The Hall–Kier alpha value is -1.41. The van der Waals surface area contributed by atoms with Gasteiger partial charge in [0.2, 0.25) is 10.0 Å². The summed E-state index contributed by atoms with van der Waals surface area (Å²) in [5.41, 5.74) is 0.772. The van der Waals surface area contributed by atoms with E-state index in [9.17, 15) is 13.5 Å². The van der Waals surface area contributed by atoms with Crippen LogP contribution in [0.25, 0.3) is 0 Å². The average Bonchev–Trinajstić information content (AvgIpc) is 3.03. The van der Waals surface area contributed by atoms with E-state index in [0.29, 0.717) is 18.8 Å². The zero-order chi connectivity index (χ0) is 16.9. The quantitative estimate of drug-likeness (QED) is 0.763. The molecule has 126 valence electrons. The van der Waals surface area contributed by atoms with Crippen LogP contribution >= 0.6 is 11.3 Å². The lowest BCUT2D eigenvalue weighted by molar-refractivity contribution is 0.173. The molecule has 0 spiro atoms. The van der Waals surface area contributed by atoms with Crippen LogP contribution in [0.5, 0.6) is 5.75 Å². The molecule has 1 unspecified atom stereocenters. The maximum atomic E-state index is 12.3. The third-order valence-electron chi connectivity index (χ3n) is 3.34. The second-order valence-corrected chi connectivity index (χ2v) is 7.82. The molecule has 0 radical (unpaired) electrons. The summed E-state index contributed by atoms with van der Waals surface area (Å²) in [6.07, 6.45) is -0.324. The fourth-order valence-corrected chi connectivity index (χ4v) is 4.02. The fraction of sp³-hybridized carbons (Fsp3) is 0.375. The first-order chi connectivity index (χ1) is 10.9. The van der Waals surface area contributed by atoms with E-state index in [1.165, 1.54) is 17.4 Å². The van der Waals surface area contributed by atoms with Gasteiger partial charge in [-0.25, -0.2) is 13.1 Å². The summed E-state index contributed by atoms with van der Waals surface area (Å²) in [5, 5.41) is 11.9. The number of nitrogens with one attached hydrogen (secondary N) is 1. The molecule has 2 N–H and O–H groups in total. The highest BCUT2D eigenvalue weighted by molar-refractivity contribution is 7.89. The van der Waals surface area contributed by atoms with E-state index < -0.39 is 16.1 Å². The maximum absolute atomic E-state index is 12.3. The second-order valence-electron chi connectivity index (χ2n) is 5.08. The molecule has 23 heavy (non-hydrogen) atoms. The summed E-state index contributed by atoms with van der Waals surface area (Å²) in [6.45, 7) is 4.40. The molecule has 0 aliphatic heterocycles. The molecule has 1 heterocycles. The number of hydrogen-bond donors (Lipinski definition) is 2. The Kier molecular flexibility index (Phi) is 6.17. The third kappa shape index (κ3) is 4.78. The first-order valence-corrected chi connectivity index (χ1v) is 9.75. The summed E-state index contributed by atoms with van der Waals surface area (Å²) in [5.74, 6) is 0.680. The normalized spacial score (nSPS) is 13.0. The van der Waals surface area contributed by atoms with Gasteiger partial charge in [0, 0.05) is 11.4 Å². The minimum Gasteiger partial charge on any atom is -0.494 e. The van der Waals surface area contributed by atoms with Gasteiger partial charge >= 0.3 is 0 Å². The van der Waals surface area contributed by atoms with Gasteiger partial charge in [-0.15, -0.1) is 11.3 Å². The van der Waals surface area contributed by atoms with Crippen molar-refractivity contribution in [2.45, 2.75) is 31.3 Å². The van der Waals surface area contributed by atoms with E-state index in [0.717, 1.165) is 10.4 Å². The molecular formula is C16H21NO4S2. The van der Waals surface area contributed by atoms with E-state index in [-0.39, 0.29) is 11.4 Å². The lowest BCUT2D eigenvalue weighted by Crippen LogP contribution is -2.26. The lowest BCUT2D eigenvalue weighted by atomic mass is 10.2. The Balaban J connectivity index is 1.97. The lowest BCUT2D eigenvalue weighted by Gasteiger charge is -2.12. The zero-order valence-electron chi connectivity index (χ0n) is 13.2. The molecule has 0 fully saturated rings. The minimum atomic E-state index is -3.59. The number of rotatable bonds is 8. The monoisotopic (exact) mass is 355 g/mol. The van der Waals surface area contributed by atoms with Gasteiger partial charge < -0.3 is 9.84 Å². The van der Waals surface area contributed by atoms with Crippen molar-refractivity contribution in [2.24, 2.45) is 0 Å². The van der Waals surface area contributed by atoms with Crippen molar-refractivity contribution in [3.05, 3.63) is 46.2 Å². The van der Waals surface area contributed by atoms with Crippen LogP contribution in [0, 0.1) is 6.92 Å². The maximum Gasteiger partial charge on any atom is 0.240 e. The third-order valence-corrected chi connectivity index (χ3v) is 5.77. The van der Waals surface area contributed by atoms with Gasteiger partial charge in [-0.1, -0.05) is 6.07 Å². The van der Waals surface area contributed by atoms with E-state index in [1.807, 2.05) is 31.4 Å². The molecule has 0 amide bonds. The second kappa shape index (κ2) is 7.92. The van der Waals surface area contributed by atoms with Gasteiger partial charge in [-0.05, 0) is 55.5 Å². The van der Waals surface area contributed by atoms with Crippen LogP contribution in [0.3, 0.4) is 0 Å². The summed E-state index contributed by atoms with van der Waals surface area (Å²) < 4.78 is 32.5. The first-order valence-electron chi connectivity index (χ1n) is 7.38. The number of sulfonamides is 1. The van der Waals surface area contributed by atoms with Crippen LogP contribution in [0.4, 0.5) is 0 Å². The van der Waals surface area contributed by atoms with Gasteiger partial charge in [0.05, 0.1) is 17.6 Å². The molecule has 0 saturated carbocycles. The number of ether oxygens (including phenoxy) is 1. The van der Waals surface area contributed by atoms with Crippen molar-refractivity contribution >= 4 is 21.4 Å². The van der Waals surface area contributed by atoms with Crippen LogP contribution in [0.1, 0.15) is 29.9 Å². The molecule has 5 nitrogen and oxygen atoms in total. The Morgan fingerprint density at radius 1 is 1.35 bits per heavy atom. The number of aliphatic hydroxyl groups excluding tert-OH is 1. The van der Waals surface area contributed by atoms with E-state index in [2.05, 4.69) is 4.72 Å². The number of benzene rings is 1. The highest BCUT2D eigenvalue weighted by atomic mass is 32.2. The van der Waals surface area contributed by atoms with Crippen molar-refractivity contribution in [3.63, 3.8) is 0 Å². The van der Waals surface area contributed by atoms with Crippen molar-refractivity contribution < 1.29 is 18.3 Å². The van der Waals surface area contributed by atoms with E-state index in [1.54, 1.807) is 12.1 Å². The van der Waals surface area contributed by atoms with Gasteiger partial charge in [-0.2, -0.15) is 0 Å². The van der Waals surface area contributed by atoms with Crippen LogP contribution in [0.2, 0.25) is 0 Å². The number of hydrogen-bond acceptors (Lipinski definition) is 5. The zero-order valence-corrected chi connectivity index (χ0v) is 14.8. The topological polar surface area (TPSA) is 75.6 Å². The van der Waals surface area contributed by atoms with Crippen molar-refractivity contribution in [3.8, 4) is 5.75 Å². The molecule has 0 bridgehead atoms. The summed E-state index contributed by atoms with van der Waals surface area (Å²) >= 11 is 1.45. The number of aryl methyl sites for hydroxylation is 1. The smallest absolute Gasteiger partial charge is 0.240 e. The predicted octanol–water partition coefficient (Wildman–Crippen LogP) is 2.86. The standard InChI is InChI=1S/C16H21NO4S2/c1-3-21-15-7-6-13(11-12(15)2)23(19,20)17-9-8-14(18)16-5-4-10-22-16/h4-7,10-11,14,17-18H,3,8-9H2,1-2H3. The van der Waals surface area contributed by atoms with Gasteiger partial charge in [0.25, 0.3) is 0 Å². The molecule has 2 rings (SSSR count). The highest BCUT2D eigenvalue weighted by Gasteiger charge is 2.16. The predicted molar refractivity (Wildman–Crippen MR) is 91.4 cm³/mol. The van der Waals surface area contributed by atoms with E-state index >= 15 is 0 Å². The van der Waals surface area contributed by atoms with Crippen molar-refractivity contribution in [1.29, 1.82) is 0 Å². The SMILES string of the molecule is CCOc1ccc(S(=O)(=O)NCCC(O)c2cccs2)cc1C. The van der Waals surface area contributed by atoms with Gasteiger partial charge in [-0.3, -0.25) is 0 Å². The fourth-order valence-electron chi connectivity index (χ4n) is 2.14. The summed E-state index contributed by atoms with van der Waals surface area (Å²) in [4.78, 5) is 1.03. The van der Waals surface area contributed by atoms with Gasteiger partial charge in [0.15, 0.2) is 0 Å². The minimum absolute atomic E-state index is 0.174. The molecule has 0 aliphatic rings. The van der Waals surface area contributed by atoms with Crippen molar-refractivity contribution in [2.75, 3.05) is 13.2 Å². The van der Waals surface area contributed by atoms with Crippen LogP contribution < -0.4 is 9.46 Å². The molecule has 0 aliphatic carbocycles. The number of aliphatic hydroxyl groups is 1. The van der Waals surface area contributed by atoms with Crippen LogP contribution in [0.15, 0.2) is 40.6 Å². The molecule has 2 aromatic rings.